The summed E-state index contributed by atoms with van der Waals surface area (Å²) in [7, 11) is 4.81. The number of carbonyl (C=O) groups is 2. The number of methoxy groups -OCH3 is 2. The van der Waals surface area contributed by atoms with E-state index in [0.29, 0.717) is 30.0 Å². The van der Waals surface area contributed by atoms with Gasteiger partial charge in [-0.2, -0.15) is 0 Å². The minimum absolute atomic E-state index is 0.0547. The molecule has 1 heterocycles. The van der Waals surface area contributed by atoms with Gasteiger partial charge in [0, 0.05) is 44.4 Å². The number of hydrogen-bond donors (Lipinski definition) is 2. The van der Waals surface area contributed by atoms with Crippen molar-refractivity contribution in [2.45, 2.75) is 25.4 Å². The molecule has 1 aliphatic carbocycles. The molecule has 4 rings (SSSR count). The highest BCUT2D eigenvalue weighted by Gasteiger charge is 2.57. The van der Waals surface area contributed by atoms with Gasteiger partial charge in [-0.05, 0) is 36.5 Å². The fourth-order valence-corrected chi connectivity index (χ4v) is 5.36. The normalized spacial score (nSPS) is 24.6. The maximum atomic E-state index is 13.0. The summed E-state index contributed by atoms with van der Waals surface area (Å²) >= 11 is 0. The second-order valence-electron chi connectivity index (χ2n) is 8.80. The van der Waals surface area contributed by atoms with Gasteiger partial charge in [-0.3, -0.25) is 14.5 Å². The lowest BCUT2D eigenvalue weighted by Crippen LogP contribution is -2.44. The van der Waals surface area contributed by atoms with E-state index in [1.54, 1.807) is 39.5 Å². The van der Waals surface area contributed by atoms with Crippen molar-refractivity contribution in [1.82, 2.24) is 15.5 Å². The van der Waals surface area contributed by atoms with Gasteiger partial charge < -0.3 is 20.1 Å². The first-order valence-electron chi connectivity index (χ1n) is 11.0. The first-order chi connectivity index (χ1) is 15.5. The number of nitrogens with zero attached hydrogens (tertiary/aromatic N) is 1. The van der Waals surface area contributed by atoms with E-state index in [1.807, 2.05) is 18.2 Å². The molecule has 7 nitrogen and oxygen atoms in total. The summed E-state index contributed by atoms with van der Waals surface area (Å²) < 4.78 is 10.6. The third kappa shape index (κ3) is 4.30. The average Bonchev–Trinajstić information content (AvgIpc) is 3.32. The van der Waals surface area contributed by atoms with E-state index in [2.05, 4.69) is 27.7 Å². The summed E-state index contributed by atoms with van der Waals surface area (Å²) in [5, 5.41) is 6.02. The van der Waals surface area contributed by atoms with Crippen LogP contribution in [0.25, 0.3) is 0 Å². The van der Waals surface area contributed by atoms with Crippen molar-refractivity contribution in [2.75, 3.05) is 34.4 Å². The summed E-state index contributed by atoms with van der Waals surface area (Å²) in [6.07, 6.45) is 1.42. The number of benzene rings is 2. The monoisotopic (exact) mass is 437 g/mol. The van der Waals surface area contributed by atoms with Crippen LogP contribution in [0.4, 0.5) is 0 Å². The van der Waals surface area contributed by atoms with E-state index in [1.165, 1.54) is 5.56 Å². The van der Waals surface area contributed by atoms with Crippen LogP contribution in [-0.2, 0) is 11.3 Å². The molecule has 2 aliphatic rings. The summed E-state index contributed by atoms with van der Waals surface area (Å²) in [4.78, 5) is 28.3. The van der Waals surface area contributed by atoms with Gasteiger partial charge in [0.1, 0.15) is 11.5 Å². The van der Waals surface area contributed by atoms with Crippen molar-refractivity contribution in [2.24, 2.45) is 11.3 Å². The van der Waals surface area contributed by atoms with Gasteiger partial charge in [0.2, 0.25) is 5.91 Å². The predicted octanol–water partition coefficient (Wildman–Crippen LogP) is 2.46. The Labute approximate surface area is 189 Å². The third-order valence-electron chi connectivity index (χ3n) is 6.82. The van der Waals surface area contributed by atoms with Crippen LogP contribution in [0.5, 0.6) is 11.5 Å². The zero-order valence-corrected chi connectivity index (χ0v) is 18.9. The Bertz CT molecular complexity index is 958. The number of ether oxygens (including phenoxy) is 2. The van der Waals surface area contributed by atoms with Gasteiger partial charge in [-0.1, -0.05) is 30.3 Å². The van der Waals surface area contributed by atoms with Crippen molar-refractivity contribution in [3.63, 3.8) is 0 Å². The van der Waals surface area contributed by atoms with Gasteiger partial charge in [0.15, 0.2) is 0 Å². The predicted molar refractivity (Wildman–Crippen MR) is 122 cm³/mol. The Morgan fingerprint density at radius 1 is 1.09 bits per heavy atom. The highest BCUT2D eigenvalue weighted by molar-refractivity contribution is 5.95. The molecule has 2 aromatic carbocycles. The number of rotatable bonds is 7. The smallest absolute Gasteiger partial charge is 0.251 e. The maximum absolute atomic E-state index is 13.0. The fraction of sp³-hybridized carbons (Fsp3) is 0.440. The van der Waals surface area contributed by atoms with Gasteiger partial charge in [-0.25, -0.2) is 0 Å². The second-order valence-corrected chi connectivity index (χ2v) is 8.80. The Morgan fingerprint density at radius 2 is 1.78 bits per heavy atom. The standard InChI is InChI=1S/C25H31N3O4/c1-26-24(30)25-13-20(27-23(29)18-9-21(31-2)12-22(10-18)32-3)11-19(25)15-28(16-25)14-17-7-5-4-6-8-17/h4-10,12,19-20H,11,13-16H2,1-3H3,(H,26,30)(H,27,29)/t19-,20-,25-/m0/s1. The molecule has 1 saturated heterocycles. The Morgan fingerprint density at radius 3 is 2.41 bits per heavy atom. The molecule has 1 aliphatic heterocycles. The zero-order valence-electron chi connectivity index (χ0n) is 18.9. The quantitative estimate of drug-likeness (QED) is 0.696. The maximum Gasteiger partial charge on any atom is 0.251 e. The van der Waals surface area contributed by atoms with Crippen LogP contribution in [0.1, 0.15) is 28.8 Å². The lowest BCUT2D eigenvalue weighted by molar-refractivity contribution is -0.131. The molecule has 0 unspecified atom stereocenters. The van der Waals surface area contributed by atoms with Crippen LogP contribution < -0.4 is 20.1 Å². The average molecular weight is 438 g/mol. The van der Waals surface area contributed by atoms with E-state index < -0.39 is 5.41 Å². The number of nitrogens with one attached hydrogen (secondary N) is 2. The van der Waals surface area contributed by atoms with Crippen molar-refractivity contribution >= 4 is 11.8 Å². The third-order valence-corrected chi connectivity index (χ3v) is 6.82. The number of carbonyl (C=O) groups excluding carboxylic acids is 2. The van der Waals surface area contributed by atoms with Gasteiger partial charge in [-0.15, -0.1) is 0 Å². The van der Waals surface area contributed by atoms with E-state index in [-0.39, 0.29) is 23.8 Å². The number of hydrogen-bond acceptors (Lipinski definition) is 5. The van der Waals surface area contributed by atoms with Crippen LogP contribution in [0, 0.1) is 11.3 Å². The topological polar surface area (TPSA) is 79.9 Å². The number of likely N-dealkylation sites (tertiary alicyclic amines) is 1. The molecular weight excluding hydrogens is 406 g/mol. The molecule has 0 aromatic heterocycles. The minimum Gasteiger partial charge on any atom is -0.497 e. The van der Waals surface area contributed by atoms with E-state index >= 15 is 0 Å². The molecule has 2 amide bonds. The Balaban J connectivity index is 1.47. The molecule has 0 spiro atoms. The summed E-state index contributed by atoms with van der Waals surface area (Å²) in [6.45, 7) is 2.38. The second kappa shape index (κ2) is 9.20. The zero-order chi connectivity index (χ0) is 22.7. The van der Waals surface area contributed by atoms with Crippen LogP contribution in [-0.4, -0.2) is 57.1 Å². The lowest BCUT2D eigenvalue weighted by Gasteiger charge is -2.27. The molecular formula is C25H31N3O4. The van der Waals surface area contributed by atoms with Crippen molar-refractivity contribution in [3.8, 4) is 11.5 Å². The summed E-state index contributed by atoms with van der Waals surface area (Å²) in [5.74, 6) is 1.22. The van der Waals surface area contributed by atoms with E-state index in [4.69, 9.17) is 9.47 Å². The number of amides is 2. The number of fused-ring (bicyclic) bond motifs is 1. The van der Waals surface area contributed by atoms with Gasteiger partial charge in [0.25, 0.3) is 5.91 Å². The Hall–Kier alpha value is -3.06. The first-order valence-corrected chi connectivity index (χ1v) is 11.0. The molecule has 2 N–H and O–H groups in total. The van der Waals surface area contributed by atoms with Crippen LogP contribution >= 0.6 is 0 Å². The van der Waals surface area contributed by atoms with Crippen LogP contribution in [0.15, 0.2) is 48.5 Å². The molecule has 0 radical (unpaired) electrons. The van der Waals surface area contributed by atoms with E-state index in [0.717, 1.165) is 19.5 Å². The SMILES string of the molecule is CNC(=O)[C@]12C[C@@H](NC(=O)c3cc(OC)cc(OC)c3)C[C@H]1CN(Cc1ccccc1)C2. The highest BCUT2D eigenvalue weighted by Crippen LogP contribution is 2.49. The molecule has 32 heavy (non-hydrogen) atoms. The summed E-state index contributed by atoms with van der Waals surface area (Å²) in [6, 6.07) is 15.4. The molecule has 2 fully saturated rings. The molecule has 0 bridgehead atoms. The molecule has 2 aromatic rings. The molecule has 1 saturated carbocycles. The van der Waals surface area contributed by atoms with E-state index in [9.17, 15) is 9.59 Å². The Kier molecular flexibility index (Phi) is 6.37. The van der Waals surface area contributed by atoms with Gasteiger partial charge in [0.05, 0.1) is 19.6 Å². The van der Waals surface area contributed by atoms with Crippen LogP contribution in [0.2, 0.25) is 0 Å². The largest absolute Gasteiger partial charge is 0.497 e. The van der Waals surface area contributed by atoms with Gasteiger partial charge >= 0.3 is 0 Å². The van der Waals surface area contributed by atoms with Crippen molar-refractivity contribution in [1.29, 1.82) is 0 Å². The highest BCUT2D eigenvalue weighted by atomic mass is 16.5. The molecule has 170 valence electrons. The molecule has 7 heteroatoms. The van der Waals surface area contributed by atoms with Crippen LogP contribution in [0.3, 0.4) is 0 Å². The molecule has 3 atom stereocenters. The first kappa shape index (κ1) is 22.1. The van der Waals surface area contributed by atoms with Crippen molar-refractivity contribution in [3.05, 3.63) is 59.7 Å². The minimum atomic E-state index is -0.479. The lowest BCUT2D eigenvalue weighted by atomic mass is 9.80. The van der Waals surface area contributed by atoms with Crippen molar-refractivity contribution < 1.29 is 19.1 Å². The summed E-state index contributed by atoms with van der Waals surface area (Å²) in [5.41, 5.74) is 1.25. The fourth-order valence-electron chi connectivity index (χ4n) is 5.36.